The molecule has 0 spiro atoms. The lowest BCUT2D eigenvalue weighted by Crippen LogP contribution is -2.55. The number of amides is 1. The van der Waals surface area contributed by atoms with Crippen LogP contribution in [-0.4, -0.2) is 47.3 Å². The van der Waals surface area contributed by atoms with Gasteiger partial charge < -0.3 is 14.5 Å². The minimum atomic E-state index is -0.521. The number of carbonyl (C=O) groups is 1. The SMILES string of the molecule is CC1CN(c2ncc(Br)cc2F)CCN1C(=O)OC(C)(C)C. The fraction of sp³-hybridized carbons (Fsp3) is 0.600. The average Bonchev–Trinajstić information content (AvgIpc) is 2.36. The molecule has 1 aromatic heterocycles. The van der Waals surface area contributed by atoms with Crippen molar-refractivity contribution in [3.05, 3.63) is 22.6 Å². The van der Waals surface area contributed by atoms with Crippen molar-refractivity contribution in [3.8, 4) is 0 Å². The normalized spacial score (nSPS) is 19.3. The number of ether oxygens (including phenoxy) is 1. The molecule has 0 saturated carbocycles. The molecule has 122 valence electrons. The van der Waals surface area contributed by atoms with E-state index in [9.17, 15) is 9.18 Å². The maximum absolute atomic E-state index is 14.0. The summed E-state index contributed by atoms with van der Waals surface area (Å²) in [5.41, 5.74) is -0.521. The number of carbonyl (C=O) groups excluding carboxylic acids is 1. The quantitative estimate of drug-likeness (QED) is 0.756. The highest BCUT2D eigenvalue weighted by Crippen LogP contribution is 2.23. The van der Waals surface area contributed by atoms with E-state index in [-0.39, 0.29) is 18.0 Å². The number of halogens is 2. The first-order valence-electron chi connectivity index (χ1n) is 7.23. The van der Waals surface area contributed by atoms with Crippen LogP contribution in [0.4, 0.5) is 15.0 Å². The number of anilines is 1. The first-order chi connectivity index (χ1) is 10.2. The lowest BCUT2D eigenvalue weighted by atomic mass is 10.2. The monoisotopic (exact) mass is 373 g/mol. The summed E-state index contributed by atoms with van der Waals surface area (Å²) in [6, 6.07) is 1.32. The second-order valence-corrected chi connectivity index (χ2v) is 7.34. The van der Waals surface area contributed by atoms with Gasteiger partial charge in [-0.25, -0.2) is 14.2 Å². The van der Waals surface area contributed by atoms with Gasteiger partial charge in [-0.05, 0) is 49.7 Å². The average molecular weight is 374 g/mol. The molecule has 0 aliphatic carbocycles. The Kier molecular flexibility index (Phi) is 4.94. The maximum atomic E-state index is 14.0. The van der Waals surface area contributed by atoms with Crippen molar-refractivity contribution in [1.29, 1.82) is 0 Å². The molecule has 0 N–H and O–H groups in total. The first-order valence-corrected chi connectivity index (χ1v) is 8.02. The van der Waals surface area contributed by atoms with Gasteiger partial charge in [-0.15, -0.1) is 0 Å². The van der Waals surface area contributed by atoms with Crippen molar-refractivity contribution in [2.75, 3.05) is 24.5 Å². The van der Waals surface area contributed by atoms with Crippen LogP contribution >= 0.6 is 15.9 Å². The Balaban J connectivity index is 2.05. The molecule has 1 atom stereocenters. The van der Waals surface area contributed by atoms with Gasteiger partial charge in [0.25, 0.3) is 0 Å². The van der Waals surface area contributed by atoms with Crippen molar-refractivity contribution >= 4 is 27.8 Å². The van der Waals surface area contributed by atoms with E-state index in [2.05, 4.69) is 20.9 Å². The number of rotatable bonds is 1. The minimum Gasteiger partial charge on any atom is -0.444 e. The molecule has 1 aliphatic rings. The molecule has 0 aromatic carbocycles. The zero-order valence-electron chi connectivity index (χ0n) is 13.3. The van der Waals surface area contributed by atoms with E-state index < -0.39 is 5.60 Å². The third kappa shape index (κ3) is 4.09. The van der Waals surface area contributed by atoms with Gasteiger partial charge >= 0.3 is 6.09 Å². The number of aromatic nitrogens is 1. The zero-order chi connectivity index (χ0) is 16.5. The second kappa shape index (κ2) is 6.40. The Morgan fingerprint density at radius 3 is 2.68 bits per heavy atom. The molecule has 1 fully saturated rings. The molecule has 1 saturated heterocycles. The molecule has 1 unspecified atom stereocenters. The van der Waals surface area contributed by atoms with Crippen LogP contribution in [0.1, 0.15) is 27.7 Å². The van der Waals surface area contributed by atoms with Crippen molar-refractivity contribution in [1.82, 2.24) is 9.88 Å². The van der Waals surface area contributed by atoms with E-state index in [4.69, 9.17) is 4.74 Å². The van der Waals surface area contributed by atoms with Crippen molar-refractivity contribution in [2.45, 2.75) is 39.3 Å². The summed E-state index contributed by atoms with van der Waals surface area (Å²) in [4.78, 5) is 19.8. The van der Waals surface area contributed by atoms with Gasteiger partial charge in [-0.2, -0.15) is 0 Å². The zero-order valence-corrected chi connectivity index (χ0v) is 14.9. The van der Waals surface area contributed by atoms with Crippen molar-refractivity contribution < 1.29 is 13.9 Å². The Morgan fingerprint density at radius 2 is 2.14 bits per heavy atom. The number of piperazine rings is 1. The van der Waals surface area contributed by atoms with Gasteiger partial charge in [0.2, 0.25) is 0 Å². The fourth-order valence-corrected chi connectivity index (χ4v) is 2.69. The van der Waals surface area contributed by atoms with Crippen molar-refractivity contribution in [2.24, 2.45) is 0 Å². The number of hydrogen-bond acceptors (Lipinski definition) is 4. The Morgan fingerprint density at radius 1 is 1.45 bits per heavy atom. The van der Waals surface area contributed by atoms with Crippen LogP contribution < -0.4 is 4.90 Å². The lowest BCUT2D eigenvalue weighted by molar-refractivity contribution is 0.0158. The van der Waals surface area contributed by atoms with Crippen LogP contribution in [-0.2, 0) is 4.74 Å². The van der Waals surface area contributed by atoms with Gasteiger partial charge in [0.05, 0.1) is 0 Å². The standard InChI is InChI=1S/C15H21BrFN3O2/c1-10-9-19(13-12(17)7-11(16)8-18-13)5-6-20(10)14(21)22-15(2,3)4/h7-8,10H,5-6,9H2,1-4H3. The Labute approximate surface area is 138 Å². The van der Waals surface area contributed by atoms with Crippen LogP contribution in [0.25, 0.3) is 0 Å². The molecule has 1 aromatic rings. The van der Waals surface area contributed by atoms with Crippen LogP contribution in [0.15, 0.2) is 16.7 Å². The highest BCUT2D eigenvalue weighted by atomic mass is 79.9. The van der Waals surface area contributed by atoms with E-state index >= 15 is 0 Å². The summed E-state index contributed by atoms with van der Waals surface area (Å²) in [6.07, 6.45) is 1.24. The van der Waals surface area contributed by atoms with Gasteiger partial charge in [-0.1, -0.05) is 0 Å². The molecule has 5 nitrogen and oxygen atoms in total. The summed E-state index contributed by atoms with van der Waals surface area (Å²) in [5, 5.41) is 0. The molecule has 2 heterocycles. The first kappa shape index (κ1) is 17.0. The van der Waals surface area contributed by atoms with Crippen molar-refractivity contribution in [3.63, 3.8) is 0 Å². The molecule has 0 radical (unpaired) electrons. The van der Waals surface area contributed by atoms with Gasteiger partial charge in [0.1, 0.15) is 5.60 Å². The lowest BCUT2D eigenvalue weighted by Gasteiger charge is -2.40. The third-order valence-corrected chi connectivity index (χ3v) is 3.78. The van der Waals surface area contributed by atoms with E-state index in [0.717, 1.165) is 0 Å². The molecule has 0 bridgehead atoms. The predicted molar refractivity (Wildman–Crippen MR) is 86.5 cm³/mol. The van der Waals surface area contributed by atoms with E-state index in [0.29, 0.717) is 29.9 Å². The maximum Gasteiger partial charge on any atom is 0.410 e. The summed E-state index contributed by atoms with van der Waals surface area (Å²) in [6.45, 7) is 8.97. The topological polar surface area (TPSA) is 45.7 Å². The van der Waals surface area contributed by atoms with Crippen LogP contribution in [0, 0.1) is 5.82 Å². The molecule has 2 rings (SSSR count). The number of hydrogen-bond donors (Lipinski definition) is 0. The van der Waals surface area contributed by atoms with Crippen LogP contribution in [0.2, 0.25) is 0 Å². The smallest absolute Gasteiger partial charge is 0.410 e. The van der Waals surface area contributed by atoms with Gasteiger partial charge in [-0.3, -0.25) is 0 Å². The molecular weight excluding hydrogens is 353 g/mol. The third-order valence-electron chi connectivity index (χ3n) is 3.34. The van der Waals surface area contributed by atoms with Gasteiger partial charge in [0, 0.05) is 36.3 Å². The molecule has 22 heavy (non-hydrogen) atoms. The van der Waals surface area contributed by atoms with E-state index in [1.54, 1.807) is 11.1 Å². The fourth-order valence-electron chi connectivity index (χ4n) is 2.38. The summed E-state index contributed by atoms with van der Waals surface area (Å²) >= 11 is 3.20. The Hall–Kier alpha value is -1.37. The highest BCUT2D eigenvalue weighted by molar-refractivity contribution is 9.10. The number of pyridine rings is 1. The largest absolute Gasteiger partial charge is 0.444 e. The van der Waals surface area contributed by atoms with E-state index in [1.807, 2.05) is 32.6 Å². The second-order valence-electron chi connectivity index (χ2n) is 6.43. The van der Waals surface area contributed by atoms with Gasteiger partial charge in [0.15, 0.2) is 11.6 Å². The number of nitrogens with zero attached hydrogens (tertiary/aromatic N) is 3. The summed E-state index contributed by atoms with van der Waals surface area (Å²) in [7, 11) is 0. The molecule has 1 aliphatic heterocycles. The van der Waals surface area contributed by atoms with Crippen LogP contribution in [0.3, 0.4) is 0 Å². The molecule has 1 amide bonds. The van der Waals surface area contributed by atoms with E-state index in [1.165, 1.54) is 6.07 Å². The summed E-state index contributed by atoms with van der Waals surface area (Å²) in [5.74, 6) is -0.0498. The van der Waals surface area contributed by atoms with Crippen LogP contribution in [0.5, 0.6) is 0 Å². The molecular formula is C15H21BrFN3O2. The highest BCUT2D eigenvalue weighted by Gasteiger charge is 2.32. The molecule has 7 heteroatoms. The minimum absolute atomic E-state index is 0.0755. The predicted octanol–water partition coefficient (Wildman–Crippen LogP) is 3.43. The Bertz CT molecular complexity index is 562. The summed E-state index contributed by atoms with van der Waals surface area (Å²) < 4.78 is 20.0.